The highest BCUT2D eigenvalue weighted by Gasteiger charge is 2.34. The number of hydrogen-bond acceptors (Lipinski definition) is 5. The molecular formula is C23H28N2O5. The summed E-state index contributed by atoms with van der Waals surface area (Å²) in [6.45, 7) is 6.15. The Morgan fingerprint density at radius 1 is 1.17 bits per heavy atom. The standard InChI is InChI=1S/C23H28N2O5/c1-5-30-23(28)18-15(3)24-20(19(18)16-9-11-17(29-4)12-10-16)21(26)22(27)25-13-7-6-8-14(25)2/h9-12,14,24H,5-8,13H2,1-4H3/t14-/m1/s1. The van der Waals surface area contributed by atoms with Crippen LogP contribution in [0.5, 0.6) is 5.75 Å². The second-order valence-corrected chi connectivity index (χ2v) is 7.50. The number of piperidine rings is 1. The van der Waals surface area contributed by atoms with Crippen LogP contribution in [0.4, 0.5) is 0 Å². The molecule has 0 unspecified atom stereocenters. The summed E-state index contributed by atoms with van der Waals surface area (Å²) in [4.78, 5) is 43.6. The average Bonchev–Trinajstić information content (AvgIpc) is 3.10. The van der Waals surface area contributed by atoms with Crippen molar-refractivity contribution in [3.05, 3.63) is 41.2 Å². The molecule has 0 spiro atoms. The summed E-state index contributed by atoms with van der Waals surface area (Å²) in [6.07, 6.45) is 2.81. The predicted octanol–water partition coefficient (Wildman–Crippen LogP) is 3.76. The largest absolute Gasteiger partial charge is 0.497 e. The Bertz CT molecular complexity index is 945. The van der Waals surface area contributed by atoms with Gasteiger partial charge in [-0.2, -0.15) is 0 Å². The molecule has 30 heavy (non-hydrogen) atoms. The van der Waals surface area contributed by atoms with Gasteiger partial charge in [-0.25, -0.2) is 4.79 Å². The molecule has 0 radical (unpaired) electrons. The highest BCUT2D eigenvalue weighted by atomic mass is 16.5. The van der Waals surface area contributed by atoms with Gasteiger partial charge in [0.25, 0.3) is 11.7 Å². The highest BCUT2D eigenvalue weighted by molar-refractivity contribution is 6.43. The van der Waals surface area contributed by atoms with E-state index >= 15 is 0 Å². The number of aromatic amines is 1. The molecule has 2 aromatic rings. The predicted molar refractivity (Wildman–Crippen MR) is 113 cm³/mol. The van der Waals surface area contributed by atoms with Gasteiger partial charge in [0.1, 0.15) is 11.4 Å². The van der Waals surface area contributed by atoms with Crippen molar-refractivity contribution < 1.29 is 23.9 Å². The van der Waals surface area contributed by atoms with Crippen LogP contribution in [0.2, 0.25) is 0 Å². The molecule has 7 nitrogen and oxygen atoms in total. The van der Waals surface area contributed by atoms with Crippen molar-refractivity contribution in [1.29, 1.82) is 0 Å². The molecule has 0 aliphatic carbocycles. The van der Waals surface area contributed by atoms with Crippen molar-refractivity contribution in [1.82, 2.24) is 9.88 Å². The van der Waals surface area contributed by atoms with Gasteiger partial charge in [-0.15, -0.1) is 0 Å². The Labute approximate surface area is 176 Å². The number of Topliss-reactive ketones (excluding diaryl/α,β-unsaturated/α-hetero) is 1. The number of ketones is 1. The molecule has 7 heteroatoms. The molecule has 1 aliphatic heterocycles. The van der Waals surface area contributed by atoms with E-state index in [1.807, 2.05) is 6.92 Å². The molecule has 0 saturated carbocycles. The molecule has 0 bridgehead atoms. The molecule has 1 aromatic heterocycles. The van der Waals surface area contributed by atoms with Gasteiger partial charge in [-0.3, -0.25) is 9.59 Å². The van der Waals surface area contributed by atoms with E-state index in [-0.39, 0.29) is 23.9 Å². The van der Waals surface area contributed by atoms with E-state index in [1.54, 1.807) is 50.1 Å². The molecule has 1 amide bonds. The molecule has 3 rings (SSSR count). The van der Waals surface area contributed by atoms with Gasteiger partial charge in [0, 0.05) is 23.8 Å². The topological polar surface area (TPSA) is 88.7 Å². The zero-order valence-corrected chi connectivity index (χ0v) is 17.9. The quantitative estimate of drug-likeness (QED) is 0.443. The molecule has 160 valence electrons. The van der Waals surface area contributed by atoms with Crippen LogP contribution in [0.1, 0.15) is 59.7 Å². The van der Waals surface area contributed by atoms with Crippen molar-refractivity contribution in [3.8, 4) is 16.9 Å². The number of carbonyl (C=O) groups is 3. The lowest BCUT2D eigenvalue weighted by Crippen LogP contribution is -2.45. The van der Waals surface area contributed by atoms with Gasteiger partial charge in [0.2, 0.25) is 0 Å². The lowest BCUT2D eigenvalue weighted by molar-refractivity contribution is -0.129. The number of carbonyl (C=O) groups excluding carboxylic acids is 3. The fraction of sp³-hybridized carbons (Fsp3) is 0.435. The molecule has 1 saturated heterocycles. The zero-order valence-electron chi connectivity index (χ0n) is 17.9. The molecule has 1 fully saturated rings. The number of likely N-dealkylation sites (tertiary alicyclic amines) is 1. The molecule has 1 aliphatic rings. The van der Waals surface area contributed by atoms with Crippen LogP contribution in [0.25, 0.3) is 11.1 Å². The number of hydrogen-bond donors (Lipinski definition) is 1. The van der Waals surface area contributed by atoms with Crippen LogP contribution in [-0.4, -0.2) is 53.8 Å². The van der Waals surface area contributed by atoms with Crippen LogP contribution in [0.15, 0.2) is 24.3 Å². The number of nitrogens with one attached hydrogen (secondary N) is 1. The maximum Gasteiger partial charge on any atom is 0.340 e. The first-order valence-electron chi connectivity index (χ1n) is 10.3. The van der Waals surface area contributed by atoms with Crippen molar-refractivity contribution in [2.75, 3.05) is 20.3 Å². The second kappa shape index (κ2) is 9.15. The SMILES string of the molecule is CCOC(=O)c1c(C)[nH]c(C(=O)C(=O)N2CCCC[C@H]2C)c1-c1ccc(OC)cc1. The number of methoxy groups -OCH3 is 1. The summed E-state index contributed by atoms with van der Waals surface area (Å²) < 4.78 is 10.4. The van der Waals surface area contributed by atoms with E-state index in [1.165, 1.54) is 0 Å². The normalized spacial score (nSPS) is 16.3. The fourth-order valence-electron chi connectivity index (χ4n) is 3.94. The fourth-order valence-corrected chi connectivity index (χ4v) is 3.94. The van der Waals surface area contributed by atoms with Gasteiger partial charge in [0.05, 0.1) is 19.3 Å². The maximum atomic E-state index is 13.3. The molecule has 1 aromatic carbocycles. The Kier molecular flexibility index (Phi) is 6.59. The number of amides is 1. The summed E-state index contributed by atoms with van der Waals surface area (Å²) in [7, 11) is 1.56. The first-order chi connectivity index (χ1) is 14.4. The number of benzene rings is 1. The van der Waals surface area contributed by atoms with Gasteiger partial charge in [-0.1, -0.05) is 12.1 Å². The minimum absolute atomic E-state index is 0.0141. The minimum atomic E-state index is -0.645. The highest BCUT2D eigenvalue weighted by Crippen LogP contribution is 2.33. The number of aryl methyl sites for hydroxylation is 1. The summed E-state index contributed by atoms with van der Waals surface area (Å²) in [6, 6.07) is 7.02. The maximum absolute atomic E-state index is 13.3. The van der Waals surface area contributed by atoms with E-state index in [0.29, 0.717) is 29.1 Å². The monoisotopic (exact) mass is 412 g/mol. The van der Waals surface area contributed by atoms with Gasteiger partial charge < -0.3 is 19.4 Å². The van der Waals surface area contributed by atoms with Gasteiger partial charge in [-0.05, 0) is 57.7 Å². The van der Waals surface area contributed by atoms with E-state index in [9.17, 15) is 14.4 Å². The zero-order chi connectivity index (χ0) is 21.8. The third-order valence-electron chi connectivity index (χ3n) is 5.53. The van der Waals surface area contributed by atoms with Crippen LogP contribution < -0.4 is 4.74 Å². The van der Waals surface area contributed by atoms with Crippen molar-refractivity contribution >= 4 is 17.7 Å². The van der Waals surface area contributed by atoms with Gasteiger partial charge in [0.15, 0.2) is 0 Å². The lowest BCUT2D eigenvalue weighted by Gasteiger charge is -2.32. The van der Waals surface area contributed by atoms with Crippen LogP contribution in [-0.2, 0) is 9.53 Å². The first-order valence-corrected chi connectivity index (χ1v) is 10.3. The number of rotatable bonds is 6. The molecular weight excluding hydrogens is 384 g/mol. The average molecular weight is 412 g/mol. The molecule has 2 heterocycles. The summed E-state index contributed by atoms with van der Waals surface area (Å²) >= 11 is 0. The third-order valence-corrected chi connectivity index (χ3v) is 5.53. The van der Waals surface area contributed by atoms with Crippen LogP contribution in [0, 0.1) is 6.92 Å². The summed E-state index contributed by atoms with van der Waals surface area (Å²) in [5, 5.41) is 0. The number of esters is 1. The third kappa shape index (κ3) is 4.10. The van der Waals surface area contributed by atoms with Crippen molar-refractivity contribution in [3.63, 3.8) is 0 Å². The first kappa shape index (κ1) is 21.6. The van der Waals surface area contributed by atoms with E-state index < -0.39 is 17.7 Å². The number of nitrogens with zero attached hydrogens (tertiary/aromatic N) is 1. The van der Waals surface area contributed by atoms with E-state index in [4.69, 9.17) is 9.47 Å². The number of H-pyrrole nitrogens is 1. The smallest absolute Gasteiger partial charge is 0.340 e. The molecule has 1 N–H and O–H groups in total. The Morgan fingerprint density at radius 3 is 2.47 bits per heavy atom. The van der Waals surface area contributed by atoms with Crippen LogP contribution in [0.3, 0.4) is 0 Å². The minimum Gasteiger partial charge on any atom is -0.497 e. The molecule has 1 atom stereocenters. The number of ether oxygens (including phenoxy) is 2. The Hall–Kier alpha value is -3.09. The van der Waals surface area contributed by atoms with Gasteiger partial charge >= 0.3 is 5.97 Å². The second-order valence-electron chi connectivity index (χ2n) is 7.50. The Balaban J connectivity index is 2.09. The summed E-state index contributed by atoms with van der Waals surface area (Å²) in [5.74, 6) is -1.08. The van der Waals surface area contributed by atoms with Crippen molar-refractivity contribution in [2.45, 2.75) is 46.1 Å². The van der Waals surface area contributed by atoms with Crippen molar-refractivity contribution in [2.24, 2.45) is 0 Å². The number of aromatic nitrogens is 1. The van der Waals surface area contributed by atoms with Crippen LogP contribution >= 0.6 is 0 Å². The van der Waals surface area contributed by atoms with E-state index in [0.717, 1.165) is 19.3 Å². The van der Waals surface area contributed by atoms with E-state index in [2.05, 4.69) is 4.98 Å². The lowest BCUT2D eigenvalue weighted by atomic mass is 9.97. The Morgan fingerprint density at radius 2 is 1.87 bits per heavy atom. The summed E-state index contributed by atoms with van der Waals surface area (Å²) in [5.41, 5.74) is 1.89.